The average molecular weight is 271 g/mol. The van der Waals surface area contributed by atoms with E-state index < -0.39 is 5.78 Å². The molecule has 1 aromatic carbocycles. The zero-order valence-electron chi connectivity index (χ0n) is 11.6. The van der Waals surface area contributed by atoms with Crippen LogP contribution in [0.2, 0.25) is 0 Å². The molecule has 0 aliphatic carbocycles. The van der Waals surface area contributed by atoms with Crippen molar-refractivity contribution in [2.24, 2.45) is 5.73 Å². The molecule has 0 saturated heterocycles. The maximum Gasteiger partial charge on any atom is 0.245 e. The predicted molar refractivity (Wildman–Crippen MR) is 77.9 cm³/mol. The van der Waals surface area contributed by atoms with Crippen LogP contribution in [-0.2, 0) is 16.0 Å². The molecule has 0 saturated carbocycles. The van der Waals surface area contributed by atoms with Gasteiger partial charge in [0.25, 0.3) is 0 Å². The molecule has 0 spiro atoms. The van der Waals surface area contributed by atoms with Crippen molar-refractivity contribution in [1.82, 2.24) is 9.78 Å². The highest BCUT2D eigenvalue weighted by molar-refractivity contribution is 6.43. The first kappa shape index (κ1) is 14.0. The van der Waals surface area contributed by atoms with Gasteiger partial charge in [-0.25, -0.2) is 4.68 Å². The second kappa shape index (κ2) is 5.69. The molecule has 2 N–H and O–H groups in total. The highest BCUT2D eigenvalue weighted by Gasteiger charge is 2.16. The van der Waals surface area contributed by atoms with E-state index >= 15 is 0 Å². The van der Waals surface area contributed by atoms with E-state index in [0.29, 0.717) is 12.1 Å². The van der Waals surface area contributed by atoms with Crippen molar-refractivity contribution in [2.45, 2.75) is 26.7 Å². The van der Waals surface area contributed by atoms with Crippen LogP contribution in [0.25, 0.3) is 16.6 Å². The quantitative estimate of drug-likeness (QED) is 0.512. The van der Waals surface area contributed by atoms with Crippen LogP contribution in [-0.4, -0.2) is 21.8 Å². The normalized spacial score (nSPS) is 12.3. The topological polar surface area (TPSA) is 78.0 Å². The van der Waals surface area contributed by atoms with Crippen LogP contribution in [0.4, 0.5) is 0 Å². The average Bonchev–Trinajstić information content (AvgIpc) is 2.88. The zero-order chi connectivity index (χ0) is 14.7. The lowest BCUT2D eigenvalue weighted by atomic mass is 10.1. The van der Waals surface area contributed by atoms with Crippen LogP contribution in [0.1, 0.15) is 25.8 Å². The zero-order valence-corrected chi connectivity index (χ0v) is 11.6. The van der Waals surface area contributed by atoms with Crippen LogP contribution in [0, 0.1) is 0 Å². The Morgan fingerprint density at radius 3 is 2.75 bits per heavy atom. The van der Waals surface area contributed by atoms with Crippen molar-refractivity contribution in [3.63, 3.8) is 0 Å². The van der Waals surface area contributed by atoms with Crippen LogP contribution in [0.5, 0.6) is 0 Å². The maximum atomic E-state index is 11.7. The summed E-state index contributed by atoms with van der Waals surface area (Å²) in [5.41, 5.74) is 8.28. The predicted octanol–water partition coefficient (Wildman–Crippen LogP) is 1.90. The third-order valence-electron chi connectivity index (χ3n) is 3.23. The van der Waals surface area contributed by atoms with Crippen LogP contribution in [0.15, 0.2) is 30.1 Å². The molecule has 0 atom stereocenters. The minimum Gasteiger partial charge on any atom is -0.400 e. The fourth-order valence-electron chi connectivity index (χ4n) is 2.04. The lowest BCUT2D eigenvalue weighted by molar-refractivity contribution is -0.126. The number of carbonyl (C=O) groups is 2. The Balaban J connectivity index is 2.60. The molecule has 104 valence electrons. The highest BCUT2D eigenvalue weighted by Crippen LogP contribution is 2.19. The molecule has 0 bridgehead atoms. The van der Waals surface area contributed by atoms with Crippen molar-refractivity contribution in [2.75, 3.05) is 0 Å². The number of ketones is 1. The maximum absolute atomic E-state index is 11.7. The van der Waals surface area contributed by atoms with E-state index in [2.05, 4.69) is 12.0 Å². The van der Waals surface area contributed by atoms with Crippen LogP contribution in [0.3, 0.4) is 0 Å². The van der Waals surface area contributed by atoms with Gasteiger partial charge in [-0.2, -0.15) is 5.10 Å². The second-order valence-corrected chi connectivity index (χ2v) is 4.53. The Morgan fingerprint density at radius 2 is 2.15 bits per heavy atom. The van der Waals surface area contributed by atoms with Crippen molar-refractivity contribution >= 4 is 28.7 Å². The number of aryl methyl sites for hydroxylation is 1. The van der Waals surface area contributed by atoms with Crippen molar-refractivity contribution in [3.05, 3.63) is 35.7 Å². The summed E-state index contributed by atoms with van der Waals surface area (Å²) in [6, 6.07) is 5.93. The first-order valence-electron chi connectivity index (χ1n) is 6.57. The molecular weight excluding hydrogens is 254 g/mol. The number of Topliss-reactive ketones (excluding diaryl/α,β-unsaturated/α-hetero) is 1. The minimum absolute atomic E-state index is 0.136. The first-order valence-corrected chi connectivity index (χ1v) is 6.57. The Hall–Kier alpha value is -2.43. The number of hydrogen-bond donors (Lipinski definition) is 1. The summed E-state index contributed by atoms with van der Waals surface area (Å²) in [7, 11) is 0. The molecule has 20 heavy (non-hydrogen) atoms. The summed E-state index contributed by atoms with van der Waals surface area (Å²) >= 11 is 0. The summed E-state index contributed by atoms with van der Waals surface area (Å²) in [5.74, 6) is -0.659. The monoisotopic (exact) mass is 271 g/mol. The number of hydrogen-bond acceptors (Lipinski definition) is 4. The third-order valence-corrected chi connectivity index (χ3v) is 3.23. The fraction of sp³-hybridized carbons (Fsp3) is 0.267. The summed E-state index contributed by atoms with van der Waals surface area (Å²) in [5, 5.41) is 5.26. The number of aldehydes is 1. The third kappa shape index (κ3) is 2.47. The summed E-state index contributed by atoms with van der Waals surface area (Å²) < 4.78 is 1.40. The van der Waals surface area contributed by atoms with E-state index in [1.54, 1.807) is 6.20 Å². The number of rotatable bonds is 5. The molecule has 5 nitrogen and oxygen atoms in total. The van der Waals surface area contributed by atoms with Gasteiger partial charge in [0.1, 0.15) is 5.70 Å². The first-order chi connectivity index (χ1) is 9.60. The molecule has 0 amide bonds. The fourth-order valence-corrected chi connectivity index (χ4v) is 2.04. The molecule has 0 aliphatic rings. The van der Waals surface area contributed by atoms with Gasteiger partial charge in [-0.1, -0.05) is 26.0 Å². The number of allylic oxidation sites excluding steroid dienone is 2. The van der Waals surface area contributed by atoms with E-state index in [-0.39, 0.29) is 12.0 Å². The molecule has 5 heteroatoms. The minimum atomic E-state index is -0.659. The van der Waals surface area contributed by atoms with E-state index in [0.717, 1.165) is 17.3 Å². The number of carbonyl (C=O) groups excluding carboxylic acids is 2. The second-order valence-electron chi connectivity index (χ2n) is 4.53. The summed E-state index contributed by atoms with van der Waals surface area (Å²) in [4.78, 5) is 22.5. The molecule has 1 aromatic heterocycles. The number of fused-ring (bicyclic) bond motifs is 1. The lowest BCUT2D eigenvalue weighted by Crippen LogP contribution is -2.16. The highest BCUT2D eigenvalue weighted by atomic mass is 16.2. The Kier molecular flexibility index (Phi) is 3.98. The van der Waals surface area contributed by atoms with Gasteiger partial charge >= 0.3 is 0 Å². The van der Waals surface area contributed by atoms with E-state index in [4.69, 9.17) is 5.73 Å². The molecule has 0 fully saturated rings. The Bertz CT molecular complexity index is 698. The van der Waals surface area contributed by atoms with Gasteiger partial charge in [0.05, 0.1) is 5.52 Å². The van der Waals surface area contributed by atoms with Crippen molar-refractivity contribution < 1.29 is 9.59 Å². The SMILES string of the molecule is CC/C(N)=C(\C(=O)C=O)n1cc2ccc(CC)cc2n1. The van der Waals surface area contributed by atoms with Gasteiger partial charge in [0.15, 0.2) is 6.29 Å². The largest absolute Gasteiger partial charge is 0.400 e. The molecule has 2 aromatic rings. The van der Waals surface area contributed by atoms with Gasteiger partial charge in [0, 0.05) is 17.3 Å². The Labute approximate surface area is 117 Å². The number of aromatic nitrogens is 2. The number of benzene rings is 1. The van der Waals surface area contributed by atoms with E-state index in [9.17, 15) is 9.59 Å². The Morgan fingerprint density at radius 1 is 1.40 bits per heavy atom. The summed E-state index contributed by atoms with van der Waals surface area (Å²) in [6.07, 6.45) is 3.37. The molecule has 0 radical (unpaired) electrons. The van der Waals surface area contributed by atoms with Gasteiger partial charge < -0.3 is 5.73 Å². The lowest BCUT2D eigenvalue weighted by Gasteiger charge is -2.06. The molecule has 0 aliphatic heterocycles. The molecular formula is C15H17N3O2. The van der Waals surface area contributed by atoms with E-state index in [1.165, 1.54) is 10.2 Å². The van der Waals surface area contributed by atoms with Gasteiger partial charge in [-0.15, -0.1) is 0 Å². The molecule has 0 unspecified atom stereocenters. The molecule has 1 heterocycles. The van der Waals surface area contributed by atoms with Gasteiger partial charge in [0.2, 0.25) is 5.78 Å². The van der Waals surface area contributed by atoms with Crippen molar-refractivity contribution in [1.29, 1.82) is 0 Å². The van der Waals surface area contributed by atoms with Crippen LogP contribution >= 0.6 is 0 Å². The van der Waals surface area contributed by atoms with Crippen LogP contribution < -0.4 is 5.73 Å². The smallest absolute Gasteiger partial charge is 0.245 e. The molecule has 2 rings (SSSR count). The number of nitrogens with zero attached hydrogens (tertiary/aromatic N) is 2. The van der Waals surface area contributed by atoms with E-state index in [1.807, 2.05) is 25.1 Å². The van der Waals surface area contributed by atoms with Crippen molar-refractivity contribution in [3.8, 4) is 0 Å². The van der Waals surface area contributed by atoms with Gasteiger partial charge in [-0.3, -0.25) is 9.59 Å². The summed E-state index contributed by atoms with van der Waals surface area (Å²) in [6.45, 7) is 3.89. The number of nitrogens with two attached hydrogens (primary N) is 1. The van der Waals surface area contributed by atoms with Gasteiger partial charge in [-0.05, 0) is 24.5 Å². The standard InChI is InChI=1S/C15H17N3O2/c1-3-10-5-6-11-8-18(17-13(11)7-10)15(12(16)4-2)14(20)9-19/h5-9H,3-4,16H2,1-2H3/b15-12-.